The predicted molar refractivity (Wildman–Crippen MR) is 102 cm³/mol. The third-order valence-electron chi connectivity index (χ3n) is 3.74. The Bertz CT molecular complexity index is 922. The fraction of sp³-hybridized carbons (Fsp3) is 0.105. The molecule has 0 bridgehead atoms. The van der Waals surface area contributed by atoms with Crippen LogP contribution in [0.1, 0.15) is 22.8 Å². The standard InChI is InChI=1S/C19H16N2O4S/c1-2-21-17(23)16(10-12-6-4-3-5-7-12)26-19(21)20-13-8-9-14(18(24)25)15(22)11-13/h3-11,22H,2H2,1H3,(H,24,25)/b16-10-,20-19?. The van der Waals surface area contributed by atoms with E-state index in [1.165, 1.54) is 30.0 Å². The Morgan fingerprint density at radius 1 is 1.23 bits per heavy atom. The molecule has 0 unspecified atom stereocenters. The fourth-order valence-corrected chi connectivity index (χ4v) is 3.51. The Labute approximate surface area is 154 Å². The molecular formula is C19H16N2O4S. The second-order valence-corrected chi connectivity index (χ2v) is 6.48. The molecule has 26 heavy (non-hydrogen) atoms. The van der Waals surface area contributed by atoms with Crippen LogP contribution in [0.2, 0.25) is 0 Å². The first-order valence-corrected chi connectivity index (χ1v) is 8.72. The highest BCUT2D eigenvalue weighted by molar-refractivity contribution is 8.18. The third kappa shape index (κ3) is 3.62. The molecule has 2 aromatic carbocycles. The lowest BCUT2D eigenvalue weighted by atomic mass is 10.2. The molecule has 3 rings (SSSR count). The number of phenols is 1. The van der Waals surface area contributed by atoms with E-state index in [1.807, 2.05) is 43.3 Å². The fourth-order valence-electron chi connectivity index (χ4n) is 2.45. The normalized spacial score (nSPS) is 17.3. The van der Waals surface area contributed by atoms with Crippen LogP contribution in [0.25, 0.3) is 6.08 Å². The predicted octanol–water partition coefficient (Wildman–Crippen LogP) is 3.71. The van der Waals surface area contributed by atoms with Crippen LogP contribution in [0.5, 0.6) is 5.75 Å². The lowest BCUT2D eigenvalue weighted by Gasteiger charge is -2.12. The van der Waals surface area contributed by atoms with Crippen LogP contribution in [-0.4, -0.2) is 38.7 Å². The van der Waals surface area contributed by atoms with Crippen molar-refractivity contribution in [2.45, 2.75) is 6.92 Å². The first-order valence-electron chi connectivity index (χ1n) is 7.91. The van der Waals surface area contributed by atoms with Crippen molar-refractivity contribution in [3.8, 4) is 5.75 Å². The largest absolute Gasteiger partial charge is 0.507 e. The highest BCUT2D eigenvalue weighted by Gasteiger charge is 2.32. The van der Waals surface area contributed by atoms with Crippen LogP contribution < -0.4 is 0 Å². The first kappa shape index (κ1) is 17.8. The number of carboxylic acid groups (broad SMARTS) is 1. The molecule has 1 amide bonds. The number of thioether (sulfide) groups is 1. The monoisotopic (exact) mass is 368 g/mol. The number of aromatic carboxylic acids is 1. The maximum atomic E-state index is 12.6. The minimum Gasteiger partial charge on any atom is -0.507 e. The lowest BCUT2D eigenvalue weighted by molar-refractivity contribution is -0.122. The summed E-state index contributed by atoms with van der Waals surface area (Å²) in [7, 11) is 0. The van der Waals surface area contributed by atoms with Gasteiger partial charge in [-0.2, -0.15) is 0 Å². The number of aliphatic imine (C=N–C) groups is 1. The molecule has 0 aromatic heterocycles. The van der Waals surface area contributed by atoms with Crippen molar-refractivity contribution in [2.24, 2.45) is 4.99 Å². The first-order chi connectivity index (χ1) is 12.5. The SMILES string of the molecule is CCN1C(=O)/C(=C/c2ccccc2)SC1=Nc1ccc(C(=O)O)c(O)c1. The van der Waals surface area contributed by atoms with Gasteiger partial charge in [0.2, 0.25) is 0 Å². The van der Waals surface area contributed by atoms with Gasteiger partial charge in [0.05, 0.1) is 10.6 Å². The van der Waals surface area contributed by atoms with E-state index in [4.69, 9.17) is 5.11 Å². The van der Waals surface area contributed by atoms with Gasteiger partial charge in [-0.05, 0) is 42.5 Å². The Morgan fingerprint density at radius 2 is 1.96 bits per heavy atom. The van der Waals surface area contributed by atoms with E-state index in [2.05, 4.69) is 4.99 Å². The summed E-state index contributed by atoms with van der Waals surface area (Å²) in [4.78, 5) is 30.1. The minimum atomic E-state index is -1.21. The van der Waals surface area contributed by atoms with E-state index in [0.717, 1.165) is 5.56 Å². The van der Waals surface area contributed by atoms with Gasteiger partial charge in [-0.15, -0.1) is 0 Å². The molecule has 2 N–H and O–H groups in total. The maximum absolute atomic E-state index is 12.6. The van der Waals surface area contributed by atoms with Crippen LogP contribution >= 0.6 is 11.8 Å². The Morgan fingerprint density at radius 3 is 2.58 bits per heavy atom. The molecule has 1 aliphatic heterocycles. The number of amidine groups is 1. The number of carboxylic acids is 1. The van der Waals surface area contributed by atoms with Crippen molar-refractivity contribution in [1.82, 2.24) is 4.90 Å². The summed E-state index contributed by atoms with van der Waals surface area (Å²) in [5, 5.41) is 19.3. The summed E-state index contributed by atoms with van der Waals surface area (Å²) in [5.41, 5.74) is 1.10. The van der Waals surface area contributed by atoms with E-state index in [9.17, 15) is 14.7 Å². The van der Waals surface area contributed by atoms with Gasteiger partial charge in [-0.3, -0.25) is 9.69 Å². The Balaban J connectivity index is 1.93. The van der Waals surface area contributed by atoms with Crippen LogP contribution in [-0.2, 0) is 4.79 Å². The van der Waals surface area contributed by atoms with E-state index in [-0.39, 0.29) is 17.2 Å². The average molecular weight is 368 g/mol. The van der Waals surface area contributed by atoms with Crippen molar-refractivity contribution < 1.29 is 19.8 Å². The van der Waals surface area contributed by atoms with Crippen molar-refractivity contribution in [3.63, 3.8) is 0 Å². The number of likely N-dealkylation sites (N-methyl/N-ethyl adjacent to an activating group) is 1. The number of hydrogen-bond acceptors (Lipinski definition) is 5. The van der Waals surface area contributed by atoms with Gasteiger partial charge in [0, 0.05) is 12.6 Å². The van der Waals surface area contributed by atoms with Gasteiger partial charge < -0.3 is 10.2 Å². The van der Waals surface area contributed by atoms with Crippen molar-refractivity contribution in [2.75, 3.05) is 6.54 Å². The summed E-state index contributed by atoms with van der Waals surface area (Å²) in [6.45, 7) is 2.31. The van der Waals surface area contributed by atoms with Crippen molar-refractivity contribution >= 4 is 40.6 Å². The van der Waals surface area contributed by atoms with Crippen molar-refractivity contribution in [1.29, 1.82) is 0 Å². The molecule has 1 heterocycles. The highest BCUT2D eigenvalue weighted by atomic mass is 32.2. The zero-order chi connectivity index (χ0) is 18.7. The average Bonchev–Trinajstić information content (AvgIpc) is 2.90. The molecular weight excluding hydrogens is 352 g/mol. The third-order valence-corrected chi connectivity index (χ3v) is 4.74. The van der Waals surface area contributed by atoms with E-state index < -0.39 is 5.97 Å². The van der Waals surface area contributed by atoms with E-state index >= 15 is 0 Å². The molecule has 0 spiro atoms. The Kier molecular flexibility index (Phi) is 5.09. The van der Waals surface area contributed by atoms with Gasteiger partial charge >= 0.3 is 5.97 Å². The van der Waals surface area contributed by atoms with Crippen LogP contribution in [0.15, 0.2) is 58.4 Å². The summed E-state index contributed by atoms with van der Waals surface area (Å²) < 4.78 is 0. The highest BCUT2D eigenvalue weighted by Crippen LogP contribution is 2.34. The number of benzene rings is 2. The lowest BCUT2D eigenvalue weighted by Crippen LogP contribution is -2.28. The second-order valence-electron chi connectivity index (χ2n) is 5.47. The maximum Gasteiger partial charge on any atom is 0.339 e. The quantitative estimate of drug-likeness (QED) is 0.803. The molecule has 132 valence electrons. The molecule has 6 nitrogen and oxygen atoms in total. The number of rotatable bonds is 4. The topological polar surface area (TPSA) is 90.2 Å². The number of nitrogens with zero attached hydrogens (tertiary/aromatic N) is 2. The van der Waals surface area contributed by atoms with Gasteiger partial charge in [0.25, 0.3) is 5.91 Å². The number of amides is 1. The van der Waals surface area contributed by atoms with Crippen LogP contribution in [0, 0.1) is 0 Å². The zero-order valence-corrected chi connectivity index (χ0v) is 14.7. The molecule has 1 saturated heterocycles. The smallest absolute Gasteiger partial charge is 0.339 e. The molecule has 7 heteroatoms. The molecule has 0 radical (unpaired) electrons. The van der Waals surface area contributed by atoms with Crippen molar-refractivity contribution in [3.05, 3.63) is 64.6 Å². The van der Waals surface area contributed by atoms with E-state index in [1.54, 1.807) is 4.90 Å². The summed E-state index contributed by atoms with van der Waals surface area (Å²) in [6.07, 6.45) is 1.81. The number of aromatic hydroxyl groups is 1. The molecule has 0 saturated carbocycles. The molecule has 1 fully saturated rings. The summed E-state index contributed by atoms with van der Waals surface area (Å²) >= 11 is 1.25. The second kappa shape index (κ2) is 7.45. The minimum absolute atomic E-state index is 0.133. The van der Waals surface area contributed by atoms with Gasteiger partial charge in [0.1, 0.15) is 11.3 Å². The molecule has 2 aromatic rings. The number of hydrogen-bond donors (Lipinski definition) is 2. The molecule has 1 aliphatic rings. The molecule has 0 atom stereocenters. The van der Waals surface area contributed by atoms with Gasteiger partial charge in [-0.1, -0.05) is 30.3 Å². The number of carbonyl (C=O) groups excluding carboxylic acids is 1. The molecule has 0 aliphatic carbocycles. The zero-order valence-electron chi connectivity index (χ0n) is 13.9. The van der Waals surface area contributed by atoms with Gasteiger partial charge in [-0.25, -0.2) is 9.79 Å². The van der Waals surface area contributed by atoms with E-state index in [0.29, 0.717) is 22.3 Å². The van der Waals surface area contributed by atoms with Gasteiger partial charge in [0.15, 0.2) is 5.17 Å². The number of carbonyl (C=O) groups is 2. The van der Waals surface area contributed by atoms with Crippen LogP contribution in [0.3, 0.4) is 0 Å². The van der Waals surface area contributed by atoms with Crippen LogP contribution in [0.4, 0.5) is 5.69 Å². The Hall–Kier alpha value is -3.06. The summed E-state index contributed by atoms with van der Waals surface area (Å²) in [5.74, 6) is -1.71. The summed E-state index contributed by atoms with van der Waals surface area (Å²) in [6, 6.07) is 13.6.